The van der Waals surface area contributed by atoms with E-state index in [2.05, 4.69) is 5.32 Å². The summed E-state index contributed by atoms with van der Waals surface area (Å²) in [6, 6.07) is 24.9. The molecule has 3 aromatic carbocycles. The average Bonchev–Trinajstić information content (AvgIpc) is 3.24. The summed E-state index contributed by atoms with van der Waals surface area (Å²) in [5.74, 6) is 0.248. The number of rotatable bonds is 11. The first kappa shape index (κ1) is 24.1. The molecule has 1 amide bonds. The highest BCUT2D eigenvalue weighted by atomic mass is 16.5. The Morgan fingerprint density at radius 3 is 2.46 bits per heavy atom. The maximum Gasteiger partial charge on any atom is 0.257 e. The molecule has 4 N–H and O–H groups in total. The molecule has 0 aliphatic heterocycles. The lowest BCUT2D eigenvalue weighted by Gasteiger charge is -2.17. The molecule has 4 aromatic rings. The Balaban J connectivity index is 1.46. The Kier molecular flexibility index (Phi) is 7.87. The van der Waals surface area contributed by atoms with Crippen molar-refractivity contribution in [1.82, 2.24) is 14.9 Å². The van der Waals surface area contributed by atoms with Gasteiger partial charge in [-0.25, -0.2) is 4.98 Å². The summed E-state index contributed by atoms with van der Waals surface area (Å²) in [4.78, 5) is 17.8. The van der Waals surface area contributed by atoms with Crippen LogP contribution in [0.25, 0.3) is 11.0 Å². The van der Waals surface area contributed by atoms with Gasteiger partial charge < -0.3 is 25.1 Å². The van der Waals surface area contributed by atoms with Crippen LogP contribution in [-0.2, 0) is 34.0 Å². The fourth-order valence-corrected chi connectivity index (χ4v) is 3.86. The number of benzene rings is 3. The van der Waals surface area contributed by atoms with Crippen molar-refractivity contribution >= 4 is 22.8 Å². The lowest BCUT2D eigenvalue weighted by Crippen LogP contribution is -2.32. The van der Waals surface area contributed by atoms with Gasteiger partial charge in [-0.2, -0.15) is 0 Å². The third-order valence-corrected chi connectivity index (χ3v) is 5.69. The number of nitrogen functional groups attached to an aromatic ring is 1. The number of imidazole rings is 1. The van der Waals surface area contributed by atoms with Crippen molar-refractivity contribution in [3.05, 3.63) is 101 Å². The molecule has 8 heteroatoms. The van der Waals surface area contributed by atoms with E-state index in [9.17, 15) is 4.79 Å². The summed E-state index contributed by atoms with van der Waals surface area (Å²) < 4.78 is 13.5. The summed E-state index contributed by atoms with van der Waals surface area (Å²) >= 11 is 0. The van der Waals surface area contributed by atoms with Gasteiger partial charge in [0.05, 0.1) is 24.2 Å². The van der Waals surface area contributed by atoms with Crippen LogP contribution >= 0.6 is 0 Å². The number of carbonyl (C=O) groups is 1. The summed E-state index contributed by atoms with van der Waals surface area (Å²) in [6.45, 7) is 1.82. The minimum atomic E-state index is -0.881. The van der Waals surface area contributed by atoms with E-state index in [0.717, 1.165) is 22.2 Å². The molecule has 180 valence electrons. The first-order valence-corrected chi connectivity index (χ1v) is 11.4. The molecule has 35 heavy (non-hydrogen) atoms. The molecule has 1 aromatic heterocycles. The molecule has 1 atom stereocenters. The number of nitrogens with zero attached hydrogens (tertiary/aromatic N) is 2. The highest BCUT2D eigenvalue weighted by Gasteiger charge is 2.26. The molecule has 1 unspecified atom stereocenters. The van der Waals surface area contributed by atoms with E-state index >= 15 is 0 Å². The van der Waals surface area contributed by atoms with Gasteiger partial charge in [-0.15, -0.1) is 0 Å². The smallest absolute Gasteiger partial charge is 0.257 e. The zero-order valence-corrected chi connectivity index (χ0v) is 19.6. The van der Waals surface area contributed by atoms with E-state index in [4.69, 9.17) is 25.6 Å². The molecule has 4 rings (SSSR count). The molecule has 0 saturated heterocycles. The maximum atomic E-state index is 13.1. The number of hydrogen-bond donors (Lipinski definition) is 3. The fourth-order valence-electron chi connectivity index (χ4n) is 3.86. The standard InChI is InChI=1S/C27H29N5O3/c1-34-24(27(33)30-17-19-11-13-21(14-12-19)25(28)29)26-31-22-9-5-6-10-23(22)32(26)15-16-35-18-20-7-3-2-4-8-20/h2-14,24H,15-18H2,1H3,(H3,28,29)(H,30,33). The molecular weight excluding hydrogens is 442 g/mol. The summed E-state index contributed by atoms with van der Waals surface area (Å²) in [7, 11) is 1.50. The number of aromatic nitrogens is 2. The maximum absolute atomic E-state index is 13.1. The van der Waals surface area contributed by atoms with E-state index < -0.39 is 6.10 Å². The second-order valence-corrected chi connectivity index (χ2v) is 8.09. The molecule has 0 aliphatic rings. The van der Waals surface area contributed by atoms with Crippen LogP contribution in [0.15, 0.2) is 78.9 Å². The molecular formula is C27H29N5O3. The first-order chi connectivity index (χ1) is 17.1. The summed E-state index contributed by atoms with van der Waals surface area (Å²) in [6.07, 6.45) is -0.881. The van der Waals surface area contributed by atoms with Crippen LogP contribution in [0.5, 0.6) is 0 Å². The van der Waals surface area contributed by atoms with Crippen LogP contribution in [-0.4, -0.2) is 35.0 Å². The third-order valence-electron chi connectivity index (χ3n) is 5.69. The minimum absolute atomic E-state index is 0.00619. The van der Waals surface area contributed by atoms with Crippen molar-refractivity contribution in [3.63, 3.8) is 0 Å². The average molecular weight is 472 g/mol. The molecule has 0 fully saturated rings. The number of nitrogens with two attached hydrogens (primary N) is 1. The van der Waals surface area contributed by atoms with E-state index in [-0.39, 0.29) is 11.7 Å². The number of fused-ring (bicyclic) bond motifs is 1. The van der Waals surface area contributed by atoms with Gasteiger partial charge in [0.2, 0.25) is 0 Å². The fraction of sp³-hybridized carbons (Fsp3) is 0.222. The number of methoxy groups -OCH3 is 1. The van der Waals surface area contributed by atoms with Crippen molar-refractivity contribution in [3.8, 4) is 0 Å². The number of nitrogens with one attached hydrogen (secondary N) is 2. The van der Waals surface area contributed by atoms with E-state index in [0.29, 0.717) is 37.7 Å². The number of carbonyl (C=O) groups excluding carboxylic acids is 1. The van der Waals surface area contributed by atoms with Crippen LogP contribution in [0.4, 0.5) is 0 Å². The van der Waals surface area contributed by atoms with Gasteiger partial charge in [-0.3, -0.25) is 10.2 Å². The SMILES string of the molecule is COC(C(=O)NCc1ccc(C(=N)N)cc1)c1nc2ccccc2n1CCOCc1ccccc1. The Bertz CT molecular complexity index is 1290. The second-order valence-electron chi connectivity index (χ2n) is 8.09. The van der Waals surface area contributed by atoms with Crippen LogP contribution in [0.2, 0.25) is 0 Å². The molecule has 0 saturated carbocycles. The first-order valence-electron chi connectivity index (χ1n) is 11.4. The van der Waals surface area contributed by atoms with Crippen LogP contribution in [0, 0.1) is 5.41 Å². The number of amidine groups is 1. The van der Waals surface area contributed by atoms with Crippen molar-refractivity contribution in [2.45, 2.75) is 25.8 Å². The van der Waals surface area contributed by atoms with Crippen molar-refractivity contribution in [2.75, 3.05) is 13.7 Å². The largest absolute Gasteiger partial charge is 0.384 e. The Morgan fingerprint density at radius 2 is 1.74 bits per heavy atom. The molecule has 1 heterocycles. The zero-order chi connectivity index (χ0) is 24.6. The van der Waals surface area contributed by atoms with Gasteiger partial charge in [0.25, 0.3) is 5.91 Å². The quantitative estimate of drug-likeness (QED) is 0.176. The predicted molar refractivity (Wildman–Crippen MR) is 135 cm³/mol. The van der Waals surface area contributed by atoms with E-state index in [1.54, 1.807) is 12.1 Å². The Morgan fingerprint density at radius 1 is 1.03 bits per heavy atom. The van der Waals surface area contributed by atoms with Crippen molar-refractivity contribution < 1.29 is 14.3 Å². The second kappa shape index (κ2) is 11.4. The van der Waals surface area contributed by atoms with Gasteiger partial charge in [0, 0.05) is 25.8 Å². The normalized spacial score (nSPS) is 11.9. The highest BCUT2D eigenvalue weighted by Crippen LogP contribution is 2.23. The van der Waals surface area contributed by atoms with Crippen molar-refractivity contribution in [1.29, 1.82) is 5.41 Å². The van der Waals surface area contributed by atoms with Crippen LogP contribution < -0.4 is 11.1 Å². The Hall–Kier alpha value is -4.01. The monoisotopic (exact) mass is 471 g/mol. The predicted octanol–water partition coefficient (Wildman–Crippen LogP) is 3.54. The number of amides is 1. The third kappa shape index (κ3) is 5.92. The van der Waals surface area contributed by atoms with Crippen LogP contribution in [0.3, 0.4) is 0 Å². The lowest BCUT2D eigenvalue weighted by molar-refractivity contribution is -0.132. The number of hydrogen-bond acceptors (Lipinski definition) is 5. The number of ether oxygens (including phenoxy) is 2. The summed E-state index contributed by atoms with van der Waals surface area (Å²) in [5, 5.41) is 10.4. The zero-order valence-electron chi connectivity index (χ0n) is 19.6. The van der Waals surface area contributed by atoms with Gasteiger partial charge in [0.1, 0.15) is 11.7 Å². The van der Waals surface area contributed by atoms with E-state index in [1.807, 2.05) is 71.3 Å². The van der Waals surface area contributed by atoms with Gasteiger partial charge >= 0.3 is 0 Å². The molecule has 0 aliphatic carbocycles. The molecule has 8 nitrogen and oxygen atoms in total. The lowest BCUT2D eigenvalue weighted by atomic mass is 10.1. The van der Waals surface area contributed by atoms with Crippen molar-refractivity contribution in [2.24, 2.45) is 5.73 Å². The minimum Gasteiger partial charge on any atom is -0.384 e. The van der Waals surface area contributed by atoms with Crippen LogP contribution in [0.1, 0.15) is 28.6 Å². The molecule has 0 bridgehead atoms. The number of para-hydroxylation sites is 2. The summed E-state index contributed by atoms with van der Waals surface area (Å²) in [5.41, 5.74) is 9.85. The Labute approximate surface area is 204 Å². The topological polar surface area (TPSA) is 115 Å². The van der Waals surface area contributed by atoms with E-state index in [1.165, 1.54) is 7.11 Å². The van der Waals surface area contributed by atoms with Gasteiger partial charge in [0.15, 0.2) is 6.10 Å². The molecule has 0 radical (unpaired) electrons. The molecule has 0 spiro atoms. The van der Waals surface area contributed by atoms with Gasteiger partial charge in [-0.05, 0) is 23.3 Å². The highest BCUT2D eigenvalue weighted by molar-refractivity contribution is 5.94. The van der Waals surface area contributed by atoms with Gasteiger partial charge in [-0.1, -0.05) is 66.7 Å².